The molecule has 0 aliphatic heterocycles. The van der Waals surface area contributed by atoms with E-state index in [1.807, 2.05) is 32.9 Å². The summed E-state index contributed by atoms with van der Waals surface area (Å²) in [4.78, 5) is 20.8. The summed E-state index contributed by atoms with van der Waals surface area (Å²) in [6, 6.07) is 5.67. The Morgan fingerprint density at radius 1 is 1.24 bits per heavy atom. The highest BCUT2D eigenvalue weighted by Gasteiger charge is 2.29. The van der Waals surface area contributed by atoms with E-state index in [0.29, 0.717) is 12.3 Å². The number of pyridine rings is 2. The van der Waals surface area contributed by atoms with Gasteiger partial charge in [0.05, 0.1) is 24.2 Å². The maximum absolute atomic E-state index is 12.0. The molecular formula is C22H31N3O4. The third-order valence-corrected chi connectivity index (χ3v) is 5.32. The molecule has 0 unspecified atom stereocenters. The summed E-state index contributed by atoms with van der Waals surface area (Å²) in [5, 5.41) is 13.8. The minimum Gasteiger partial charge on any atom is -0.481 e. The maximum Gasteiger partial charge on any atom is 0.407 e. The van der Waals surface area contributed by atoms with Gasteiger partial charge in [0.25, 0.3) is 0 Å². The minimum atomic E-state index is -0.499. The van der Waals surface area contributed by atoms with Gasteiger partial charge in [0, 0.05) is 24.7 Å². The monoisotopic (exact) mass is 401 g/mol. The highest BCUT2D eigenvalue weighted by molar-refractivity contribution is 5.78. The van der Waals surface area contributed by atoms with Crippen LogP contribution >= 0.6 is 0 Å². The van der Waals surface area contributed by atoms with Crippen LogP contribution in [-0.4, -0.2) is 46.0 Å². The number of nitrogens with zero attached hydrogens (tertiary/aromatic N) is 2. The molecule has 0 saturated heterocycles. The number of amides is 1. The van der Waals surface area contributed by atoms with Gasteiger partial charge in [-0.1, -0.05) is 0 Å². The smallest absolute Gasteiger partial charge is 0.407 e. The number of nitrogens with one attached hydrogen (secondary N) is 1. The standard InChI is InChI=1S/C22H31N3O4/c1-22(2,3)29-21(27)24-16-7-5-14(6-8-16)18(26)13-15-11-12-23-17-9-10-19(28-4)25-20(15)17/h9-12,14,16,18,26H,5-8,13H2,1-4H3,(H,24,27)/t14-,16-,18-/m1/s1. The molecule has 1 fully saturated rings. The number of methoxy groups -OCH3 is 1. The Hall–Kier alpha value is -2.41. The van der Waals surface area contributed by atoms with Gasteiger partial charge in [0.1, 0.15) is 5.60 Å². The van der Waals surface area contributed by atoms with Crippen LogP contribution in [0.15, 0.2) is 24.4 Å². The summed E-state index contributed by atoms with van der Waals surface area (Å²) >= 11 is 0. The minimum absolute atomic E-state index is 0.0981. The zero-order valence-electron chi connectivity index (χ0n) is 17.6. The highest BCUT2D eigenvalue weighted by atomic mass is 16.6. The van der Waals surface area contributed by atoms with E-state index in [1.165, 1.54) is 0 Å². The lowest BCUT2D eigenvalue weighted by Gasteiger charge is -2.32. The average Bonchev–Trinajstić information content (AvgIpc) is 2.67. The van der Waals surface area contributed by atoms with Gasteiger partial charge in [-0.3, -0.25) is 4.98 Å². The van der Waals surface area contributed by atoms with Crippen molar-refractivity contribution in [2.45, 2.75) is 70.6 Å². The molecule has 7 heteroatoms. The molecule has 1 amide bonds. The molecule has 3 rings (SSSR count). The second-order valence-electron chi connectivity index (χ2n) is 8.72. The first kappa shape index (κ1) is 21.3. The number of aromatic nitrogens is 2. The van der Waals surface area contributed by atoms with Gasteiger partial charge in [-0.05, 0) is 70.1 Å². The molecule has 2 aromatic heterocycles. The van der Waals surface area contributed by atoms with Gasteiger partial charge in [-0.2, -0.15) is 0 Å². The van der Waals surface area contributed by atoms with Gasteiger partial charge in [0.2, 0.25) is 5.88 Å². The van der Waals surface area contributed by atoms with E-state index < -0.39 is 11.7 Å². The number of alkyl carbamates (subject to hydrolysis) is 1. The van der Waals surface area contributed by atoms with E-state index in [9.17, 15) is 9.90 Å². The summed E-state index contributed by atoms with van der Waals surface area (Å²) in [6.45, 7) is 5.56. The van der Waals surface area contributed by atoms with E-state index in [1.54, 1.807) is 19.4 Å². The fourth-order valence-corrected chi connectivity index (χ4v) is 3.85. The summed E-state index contributed by atoms with van der Waals surface area (Å²) in [5.74, 6) is 0.732. The predicted octanol–water partition coefficient (Wildman–Crippen LogP) is 3.63. The van der Waals surface area contributed by atoms with Crippen LogP contribution in [0.3, 0.4) is 0 Å². The number of carbonyl (C=O) groups excluding carboxylic acids is 1. The molecule has 0 radical (unpaired) electrons. The SMILES string of the molecule is COc1ccc2nccc(C[C@@H](O)[C@H]3CC[C@H](NC(=O)OC(C)(C)C)CC3)c2n1. The molecular weight excluding hydrogens is 370 g/mol. The van der Waals surface area contributed by atoms with Crippen molar-refractivity contribution < 1.29 is 19.4 Å². The summed E-state index contributed by atoms with van der Waals surface area (Å²) in [5.41, 5.74) is 2.03. The van der Waals surface area contributed by atoms with Crippen molar-refractivity contribution in [3.63, 3.8) is 0 Å². The first-order valence-electron chi connectivity index (χ1n) is 10.2. The Balaban J connectivity index is 1.57. The molecule has 1 saturated carbocycles. The van der Waals surface area contributed by atoms with Crippen LogP contribution in [-0.2, 0) is 11.2 Å². The van der Waals surface area contributed by atoms with Crippen molar-refractivity contribution in [3.8, 4) is 5.88 Å². The zero-order chi connectivity index (χ0) is 21.0. The summed E-state index contributed by atoms with van der Waals surface area (Å²) < 4.78 is 10.6. The number of rotatable bonds is 5. The van der Waals surface area contributed by atoms with Gasteiger partial charge in [-0.15, -0.1) is 0 Å². The molecule has 0 bridgehead atoms. The largest absolute Gasteiger partial charge is 0.481 e. The number of aliphatic hydroxyl groups excluding tert-OH is 1. The third-order valence-electron chi connectivity index (χ3n) is 5.32. The molecule has 0 aromatic carbocycles. The number of ether oxygens (including phenoxy) is 2. The number of hydrogen-bond donors (Lipinski definition) is 2. The van der Waals surface area contributed by atoms with Crippen molar-refractivity contribution in [3.05, 3.63) is 30.0 Å². The quantitative estimate of drug-likeness (QED) is 0.795. The van der Waals surface area contributed by atoms with Crippen molar-refractivity contribution in [2.24, 2.45) is 5.92 Å². The molecule has 1 aliphatic rings. The molecule has 0 spiro atoms. The Labute approximate surface area is 171 Å². The molecule has 2 aromatic rings. The van der Waals surface area contributed by atoms with Crippen molar-refractivity contribution in [2.75, 3.05) is 7.11 Å². The summed E-state index contributed by atoms with van der Waals surface area (Å²) in [7, 11) is 1.59. The zero-order valence-corrected chi connectivity index (χ0v) is 17.6. The van der Waals surface area contributed by atoms with Gasteiger partial charge in [-0.25, -0.2) is 9.78 Å². The van der Waals surface area contributed by atoms with Crippen LogP contribution in [0, 0.1) is 5.92 Å². The maximum atomic E-state index is 12.0. The Kier molecular flexibility index (Phi) is 6.57. The Morgan fingerprint density at radius 2 is 1.97 bits per heavy atom. The fraction of sp³-hybridized carbons (Fsp3) is 0.591. The van der Waals surface area contributed by atoms with Crippen LogP contribution in [0.4, 0.5) is 4.79 Å². The van der Waals surface area contributed by atoms with E-state index in [-0.39, 0.29) is 18.1 Å². The average molecular weight is 402 g/mol. The molecule has 158 valence electrons. The highest BCUT2D eigenvalue weighted by Crippen LogP contribution is 2.30. The number of fused-ring (bicyclic) bond motifs is 1. The van der Waals surface area contributed by atoms with E-state index >= 15 is 0 Å². The number of carbonyl (C=O) groups is 1. The molecule has 1 aliphatic carbocycles. The van der Waals surface area contributed by atoms with Crippen molar-refractivity contribution >= 4 is 17.1 Å². The molecule has 2 heterocycles. The van der Waals surface area contributed by atoms with Gasteiger partial charge < -0.3 is 19.9 Å². The molecule has 1 atom stereocenters. The van der Waals surface area contributed by atoms with Gasteiger partial charge in [0.15, 0.2) is 0 Å². The van der Waals surface area contributed by atoms with E-state index in [0.717, 1.165) is 42.3 Å². The lowest BCUT2D eigenvalue weighted by Crippen LogP contribution is -2.42. The van der Waals surface area contributed by atoms with Crippen molar-refractivity contribution in [1.29, 1.82) is 0 Å². The lowest BCUT2D eigenvalue weighted by atomic mass is 9.81. The molecule has 7 nitrogen and oxygen atoms in total. The normalized spacial score (nSPS) is 20.9. The van der Waals surface area contributed by atoms with Crippen LogP contribution in [0.25, 0.3) is 11.0 Å². The van der Waals surface area contributed by atoms with Crippen LogP contribution in [0.5, 0.6) is 5.88 Å². The van der Waals surface area contributed by atoms with Crippen LogP contribution < -0.4 is 10.1 Å². The van der Waals surface area contributed by atoms with Crippen LogP contribution in [0.2, 0.25) is 0 Å². The molecule has 29 heavy (non-hydrogen) atoms. The Bertz CT molecular complexity index is 842. The van der Waals surface area contributed by atoms with Gasteiger partial charge >= 0.3 is 6.09 Å². The van der Waals surface area contributed by atoms with Crippen LogP contribution in [0.1, 0.15) is 52.0 Å². The van der Waals surface area contributed by atoms with Crippen molar-refractivity contribution in [1.82, 2.24) is 15.3 Å². The second kappa shape index (κ2) is 8.95. The van der Waals surface area contributed by atoms with E-state index in [2.05, 4.69) is 15.3 Å². The third kappa shape index (κ3) is 5.79. The fourth-order valence-electron chi connectivity index (χ4n) is 3.85. The topological polar surface area (TPSA) is 93.6 Å². The predicted molar refractivity (Wildman–Crippen MR) is 111 cm³/mol. The second-order valence-corrected chi connectivity index (χ2v) is 8.72. The number of aliphatic hydroxyl groups is 1. The number of hydrogen-bond acceptors (Lipinski definition) is 6. The molecule has 2 N–H and O–H groups in total. The van der Waals surface area contributed by atoms with E-state index in [4.69, 9.17) is 9.47 Å². The Morgan fingerprint density at radius 3 is 2.62 bits per heavy atom. The lowest BCUT2D eigenvalue weighted by molar-refractivity contribution is 0.0451. The first-order valence-corrected chi connectivity index (χ1v) is 10.2. The summed E-state index contributed by atoms with van der Waals surface area (Å²) in [6.07, 6.45) is 4.84. The first-order chi connectivity index (χ1) is 13.7.